The van der Waals surface area contributed by atoms with E-state index in [-0.39, 0.29) is 12.2 Å². The van der Waals surface area contributed by atoms with E-state index >= 15 is 0 Å². The smallest absolute Gasteiger partial charge is 0.337 e. The molecule has 0 aliphatic rings. The second-order valence-corrected chi connectivity index (χ2v) is 4.07. The van der Waals surface area contributed by atoms with Crippen LogP contribution in [0.1, 0.15) is 29.4 Å². The van der Waals surface area contributed by atoms with Gasteiger partial charge in [-0.25, -0.2) is 4.79 Å². The lowest BCUT2D eigenvalue weighted by atomic mass is 10.2. The van der Waals surface area contributed by atoms with E-state index in [9.17, 15) is 4.79 Å². The summed E-state index contributed by atoms with van der Waals surface area (Å²) in [5.41, 5.74) is 0.841. The fourth-order valence-corrected chi connectivity index (χ4v) is 1.56. The molecule has 0 amide bonds. The molecule has 2 heterocycles. The fourth-order valence-electron chi connectivity index (χ4n) is 1.56. The Balaban J connectivity index is 1.92. The zero-order chi connectivity index (χ0) is 13.7. The molecule has 2 aromatic heterocycles. The number of pyridine rings is 1. The third-order valence-corrected chi connectivity index (χ3v) is 2.52. The lowest BCUT2D eigenvalue weighted by Crippen LogP contribution is -2.01. The average molecular weight is 261 g/mol. The minimum absolute atomic E-state index is 0.166. The molecule has 0 atom stereocenters. The quantitative estimate of drug-likeness (QED) is 0.860. The van der Waals surface area contributed by atoms with E-state index in [0.29, 0.717) is 11.4 Å². The molecule has 0 saturated heterocycles. The van der Waals surface area contributed by atoms with Gasteiger partial charge in [-0.3, -0.25) is 9.67 Å². The third kappa shape index (κ3) is 3.54. The number of rotatable bonds is 6. The number of carboxylic acids is 1. The molecular weight excluding hydrogens is 246 g/mol. The molecule has 100 valence electrons. The fraction of sp³-hybridized carbons (Fsp3) is 0.308. The van der Waals surface area contributed by atoms with Crippen molar-refractivity contribution >= 4 is 5.97 Å². The van der Waals surface area contributed by atoms with Gasteiger partial charge < -0.3 is 9.84 Å². The second-order valence-electron chi connectivity index (χ2n) is 4.07. The number of hydrogen-bond donors (Lipinski definition) is 1. The Morgan fingerprint density at radius 1 is 1.42 bits per heavy atom. The molecule has 2 rings (SSSR count). The van der Waals surface area contributed by atoms with E-state index in [1.807, 2.05) is 10.9 Å². The molecule has 0 radical (unpaired) electrons. The van der Waals surface area contributed by atoms with Crippen molar-refractivity contribution in [1.82, 2.24) is 14.8 Å². The van der Waals surface area contributed by atoms with Crippen LogP contribution in [0.25, 0.3) is 0 Å². The summed E-state index contributed by atoms with van der Waals surface area (Å²) in [6.45, 7) is 3.22. The predicted molar refractivity (Wildman–Crippen MR) is 68.0 cm³/mol. The second kappa shape index (κ2) is 5.99. The molecular formula is C13H15N3O3. The van der Waals surface area contributed by atoms with E-state index in [1.165, 1.54) is 12.3 Å². The zero-order valence-electron chi connectivity index (χ0n) is 10.6. The Morgan fingerprint density at radius 2 is 2.26 bits per heavy atom. The maximum absolute atomic E-state index is 10.7. The Kier molecular flexibility index (Phi) is 4.12. The van der Waals surface area contributed by atoms with E-state index in [4.69, 9.17) is 9.84 Å². The van der Waals surface area contributed by atoms with Crippen molar-refractivity contribution in [3.8, 4) is 5.75 Å². The first kappa shape index (κ1) is 13.1. The van der Waals surface area contributed by atoms with Gasteiger partial charge in [-0.1, -0.05) is 6.92 Å². The summed E-state index contributed by atoms with van der Waals surface area (Å²) in [6.07, 6.45) is 5.82. The summed E-state index contributed by atoms with van der Waals surface area (Å²) in [4.78, 5) is 14.7. The van der Waals surface area contributed by atoms with Gasteiger partial charge in [-0.2, -0.15) is 5.10 Å². The summed E-state index contributed by atoms with van der Waals surface area (Å²) < 4.78 is 7.34. The van der Waals surface area contributed by atoms with Crippen molar-refractivity contribution in [2.24, 2.45) is 0 Å². The van der Waals surface area contributed by atoms with Gasteiger partial charge in [0, 0.05) is 12.7 Å². The Morgan fingerprint density at radius 3 is 2.89 bits per heavy atom. The first-order valence-electron chi connectivity index (χ1n) is 6.02. The molecule has 0 bridgehead atoms. The van der Waals surface area contributed by atoms with E-state index in [0.717, 1.165) is 13.0 Å². The van der Waals surface area contributed by atoms with Gasteiger partial charge in [0.2, 0.25) is 0 Å². The molecule has 0 fully saturated rings. The molecule has 0 aromatic carbocycles. The Hall–Kier alpha value is -2.37. The summed E-state index contributed by atoms with van der Waals surface area (Å²) >= 11 is 0. The molecule has 6 nitrogen and oxygen atoms in total. The van der Waals surface area contributed by atoms with E-state index in [2.05, 4.69) is 17.0 Å². The Bertz CT molecular complexity index is 549. The molecule has 6 heteroatoms. The highest BCUT2D eigenvalue weighted by Crippen LogP contribution is 2.11. The van der Waals surface area contributed by atoms with Crippen molar-refractivity contribution in [3.63, 3.8) is 0 Å². The van der Waals surface area contributed by atoms with Gasteiger partial charge in [-0.05, 0) is 18.6 Å². The van der Waals surface area contributed by atoms with Crippen molar-refractivity contribution in [2.45, 2.75) is 26.5 Å². The van der Waals surface area contributed by atoms with Crippen LogP contribution >= 0.6 is 0 Å². The molecule has 0 aliphatic heterocycles. The van der Waals surface area contributed by atoms with Gasteiger partial charge in [0.15, 0.2) is 5.75 Å². The maximum atomic E-state index is 10.7. The number of hydrogen-bond acceptors (Lipinski definition) is 4. The standard InChI is InChI=1S/C13H15N3O3/c1-2-5-16-8-12(7-15-16)19-9-11-4-3-10(6-14-11)13(17)18/h3-4,6-8H,2,5,9H2,1H3,(H,17,18). The minimum Gasteiger partial charge on any atom is -0.484 e. The molecule has 0 aliphatic carbocycles. The summed E-state index contributed by atoms with van der Waals surface area (Å²) in [6, 6.07) is 3.15. The first-order chi connectivity index (χ1) is 9.19. The van der Waals surface area contributed by atoms with Crippen LogP contribution in [0.15, 0.2) is 30.7 Å². The predicted octanol–water partition coefficient (Wildman–Crippen LogP) is 1.97. The van der Waals surface area contributed by atoms with Crippen LogP contribution in [0, 0.1) is 0 Å². The van der Waals surface area contributed by atoms with Crippen LogP contribution in [0.4, 0.5) is 0 Å². The van der Waals surface area contributed by atoms with Crippen molar-refractivity contribution in [2.75, 3.05) is 0 Å². The van der Waals surface area contributed by atoms with Crippen LogP contribution in [-0.2, 0) is 13.2 Å². The maximum Gasteiger partial charge on any atom is 0.337 e. The molecule has 0 saturated carbocycles. The highest BCUT2D eigenvalue weighted by Gasteiger charge is 2.04. The van der Waals surface area contributed by atoms with Crippen LogP contribution in [0.3, 0.4) is 0 Å². The number of carboxylic acid groups (broad SMARTS) is 1. The molecule has 1 N–H and O–H groups in total. The summed E-state index contributed by atoms with van der Waals surface area (Å²) in [5, 5.41) is 12.9. The third-order valence-electron chi connectivity index (χ3n) is 2.52. The van der Waals surface area contributed by atoms with Crippen molar-refractivity contribution < 1.29 is 14.6 Å². The highest BCUT2D eigenvalue weighted by molar-refractivity contribution is 5.87. The van der Waals surface area contributed by atoms with Crippen molar-refractivity contribution in [3.05, 3.63) is 42.0 Å². The zero-order valence-corrected chi connectivity index (χ0v) is 10.6. The topological polar surface area (TPSA) is 77.2 Å². The van der Waals surface area contributed by atoms with E-state index < -0.39 is 5.97 Å². The molecule has 2 aromatic rings. The first-order valence-corrected chi connectivity index (χ1v) is 6.02. The minimum atomic E-state index is -0.985. The molecule has 19 heavy (non-hydrogen) atoms. The monoisotopic (exact) mass is 261 g/mol. The SMILES string of the molecule is CCCn1cc(OCc2ccc(C(=O)O)cn2)cn1. The highest BCUT2D eigenvalue weighted by atomic mass is 16.5. The van der Waals surface area contributed by atoms with Crippen LogP contribution in [0.2, 0.25) is 0 Å². The van der Waals surface area contributed by atoms with Crippen LogP contribution < -0.4 is 4.74 Å². The number of aromatic nitrogens is 3. The lowest BCUT2D eigenvalue weighted by molar-refractivity contribution is 0.0696. The summed E-state index contributed by atoms with van der Waals surface area (Å²) in [5.74, 6) is -0.307. The largest absolute Gasteiger partial charge is 0.484 e. The van der Waals surface area contributed by atoms with Crippen LogP contribution in [-0.4, -0.2) is 25.8 Å². The normalized spacial score (nSPS) is 10.4. The van der Waals surface area contributed by atoms with Gasteiger partial charge in [0.25, 0.3) is 0 Å². The van der Waals surface area contributed by atoms with Gasteiger partial charge in [-0.15, -0.1) is 0 Å². The number of ether oxygens (including phenoxy) is 1. The number of carbonyl (C=O) groups is 1. The van der Waals surface area contributed by atoms with Gasteiger partial charge >= 0.3 is 5.97 Å². The van der Waals surface area contributed by atoms with Gasteiger partial charge in [0.1, 0.15) is 6.61 Å². The number of aryl methyl sites for hydroxylation is 1. The molecule has 0 spiro atoms. The van der Waals surface area contributed by atoms with Crippen LogP contribution in [0.5, 0.6) is 5.75 Å². The lowest BCUT2D eigenvalue weighted by Gasteiger charge is -2.03. The van der Waals surface area contributed by atoms with Crippen molar-refractivity contribution in [1.29, 1.82) is 0 Å². The number of nitrogens with zero attached hydrogens (tertiary/aromatic N) is 3. The average Bonchev–Trinajstić information content (AvgIpc) is 2.85. The number of aromatic carboxylic acids is 1. The van der Waals surface area contributed by atoms with Gasteiger partial charge in [0.05, 0.1) is 23.7 Å². The van der Waals surface area contributed by atoms with E-state index in [1.54, 1.807) is 12.3 Å². The molecule has 0 unspecified atom stereocenters. The summed E-state index contributed by atoms with van der Waals surface area (Å²) in [7, 11) is 0. The Labute approximate surface area is 110 Å².